The van der Waals surface area contributed by atoms with Crippen LogP contribution in [-0.2, 0) is 19.7 Å². The van der Waals surface area contributed by atoms with E-state index < -0.39 is 0 Å². The van der Waals surface area contributed by atoms with Crippen LogP contribution in [0.1, 0.15) is 28.5 Å². The molecule has 0 unspecified atom stereocenters. The summed E-state index contributed by atoms with van der Waals surface area (Å²) in [5, 5.41) is 4.74. The van der Waals surface area contributed by atoms with E-state index in [2.05, 4.69) is 5.10 Å². The van der Waals surface area contributed by atoms with Crippen molar-refractivity contribution in [3.63, 3.8) is 0 Å². The molecule has 2 aromatic carbocycles. The zero-order valence-corrected chi connectivity index (χ0v) is 16.5. The van der Waals surface area contributed by atoms with Crippen LogP contribution in [0.4, 0.5) is 4.39 Å². The summed E-state index contributed by atoms with van der Waals surface area (Å²) < 4.78 is 20.3. The zero-order chi connectivity index (χ0) is 20.1. The number of halogens is 2. The maximum Gasteiger partial charge on any atom is 0.253 e. The summed E-state index contributed by atoms with van der Waals surface area (Å²) >= 11 is 6.18. The Bertz CT molecular complexity index is 939. The van der Waals surface area contributed by atoms with Gasteiger partial charge in [0.2, 0.25) is 0 Å². The predicted molar refractivity (Wildman–Crippen MR) is 106 cm³/mol. The van der Waals surface area contributed by atoms with Crippen LogP contribution in [0.15, 0.2) is 54.7 Å². The lowest BCUT2D eigenvalue weighted by molar-refractivity contribution is 0.0781. The summed E-state index contributed by atoms with van der Waals surface area (Å²) in [6.45, 7) is 3.37. The molecule has 0 atom stereocenters. The summed E-state index contributed by atoms with van der Waals surface area (Å²) in [5.41, 5.74) is 2.30. The molecule has 0 fully saturated rings. The van der Waals surface area contributed by atoms with Crippen LogP contribution in [0.3, 0.4) is 0 Å². The number of ether oxygens (including phenoxy) is 1. The van der Waals surface area contributed by atoms with E-state index in [0.29, 0.717) is 36.0 Å². The topological polar surface area (TPSA) is 47.4 Å². The normalized spacial score (nSPS) is 10.7. The molecule has 3 aromatic rings. The molecule has 7 heteroatoms. The molecular weight excluding hydrogens is 381 g/mol. The lowest BCUT2D eigenvalue weighted by atomic mass is 10.1. The summed E-state index contributed by atoms with van der Waals surface area (Å²) in [5.74, 6) is 0.180. The number of aryl methyl sites for hydroxylation is 1. The number of hydrogen-bond donors (Lipinski definition) is 0. The molecule has 28 heavy (non-hydrogen) atoms. The monoisotopic (exact) mass is 401 g/mol. The lowest BCUT2D eigenvalue weighted by Gasteiger charge is -2.18. The van der Waals surface area contributed by atoms with Gasteiger partial charge in [0.05, 0.1) is 23.5 Å². The SMILES string of the molecule is CCn1ncc(Cl)c1CN(C)C(=O)c1ccc(COc2ccc(F)cc2)cc1. The van der Waals surface area contributed by atoms with Crippen LogP contribution >= 0.6 is 11.6 Å². The lowest BCUT2D eigenvalue weighted by Crippen LogP contribution is -2.27. The number of rotatable bonds is 7. The first-order valence-corrected chi connectivity index (χ1v) is 9.28. The zero-order valence-electron chi connectivity index (χ0n) is 15.7. The highest BCUT2D eigenvalue weighted by molar-refractivity contribution is 6.31. The third kappa shape index (κ3) is 4.70. The van der Waals surface area contributed by atoms with E-state index in [1.54, 1.807) is 47.1 Å². The molecular formula is C21H21ClFN3O2. The Kier molecular flexibility index (Phi) is 6.31. The largest absolute Gasteiger partial charge is 0.489 e. The molecule has 1 heterocycles. The van der Waals surface area contributed by atoms with Gasteiger partial charge in [0, 0.05) is 19.2 Å². The van der Waals surface area contributed by atoms with Gasteiger partial charge in [0.25, 0.3) is 5.91 Å². The van der Waals surface area contributed by atoms with Crippen LogP contribution in [0.5, 0.6) is 5.75 Å². The van der Waals surface area contributed by atoms with Crippen LogP contribution in [0.25, 0.3) is 0 Å². The highest BCUT2D eigenvalue weighted by atomic mass is 35.5. The number of nitrogens with zero attached hydrogens (tertiary/aromatic N) is 3. The molecule has 0 aliphatic heterocycles. The number of carbonyl (C=O) groups is 1. The van der Waals surface area contributed by atoms with E-state index in [4.69, 9.17) is 16.3 Å². The third-order valence-electron chi connectivity index (χ3n) is 4.35. The van der Waals surface area contributed by atoms with E-state index in [9.17, 15) is 9.18 Å². The second-order valence-electron chi connectivity index (χ2n) is 6.36. The van der Waals surface area contributed by atoms with Crippen molar-refractivity contribution in [1.29, 1.82) is 0 Å². The van der Waals surface area contributed by atoms with Crippen molar-refractivity contribution in [3.05, 3.63) is 82.4 Å². The van der Waals surface area contributed by atoms with Gasteiger partial charge in [-0.15, -0.1) is 0 Å². The minimum atomic E-state index is -0.303. The van der Waals surface area contributed by atoms with E-state index in [-0.39, 0.29) is 11.7 Å². The van der Waals surface area contributed by atoms with Gasteiger partial charge in [-0.25, -0.2) is 4.39 Å². The second-order valence-corrected chi connectivity index (χ2v) is 6.76. The first-order valence-electron chi connectivity index (χ1n) is 8.91. The van der Waals surface area contributed by atoms with Gasteiger partial charge in [-0.2, -0.15) is 5.10 Å². The predicted octanol–water partition coefficient (Wildman–Crippen LogP) is 4.55. The first kappa shape index (κ1) is 19.9. The van der Waals surface area contributed by atoms with E-state index in [1.807, 2.05) is 19.1 Å². The summed E-state index contributed by atoms with van der Waals surface area (Å²) in [6.07, 6.45) is 1.59. The molecule has 0 aliphatic carbocycles. The Morgan fingerprint density at radius 3 is 2.50 bits per heavy atom. The van der Waals surface area contributed by atoms with E-state index >= 15 is 0 Å². The number of amides is 1. The molecule has 0 aliphatic rings. The smallest absolute Gasteiger partial charge is 0.253 e. The molecule has 0 saturated carbocycles. The molecule has 0 saturated heterocycles. The molecule has 0 spiro atoms. The van der Waals surface area contributed by atoms with E-state index in [0.717, 1.165) is 11.3 Å². The standard InChI is InChI=1S/C21H21ClFN3O2/c1-3-26-20(19(22)12-24-26)13-25(2)21(27)16-6-4-15(5-7-16)14-28-18-10-8-17(23)9-11-18/h4-12H,3,13-14H2,1-2H3. The fourth-order valence-corrected chi connectivity index (χ4v) is 2.98. The molecule has 0 bridgehead atoms. The van der Waals surface area contributed by atoms with Crippen molar-refractivity contribution in [1.82, 2.24) is 14.7 Å². The molecule has 1 amide bonds. The Labute approximate surface area is 168 Å². The van der Waals surface area contributed by atoms with Gasteiger partial charge in [-0.05, 0) is 48.9 Å². The number of hydrogen-bond acceptors (Lipinski definition) is 3. The Morgan fingerprint density at radius 2 is 1.86 bits per heavy atom. The minimum absolute atomic E-state index is 0.106. The van der Waals surface area contributed by atoms with Crippen molar-refractivity contribution in [3.8, 4) is 5.75 Å². The Morgan fingerprint density at radius 1 is 1.18 bits per heavy atom. The summed E-state index contributed by atoms with van der Waals surface area (Å²) in [4.78, 5) is 14.3. The Balaban J connectivity index is 1.61. The summed E-state index contributed by atoms with van der Waals surface area (Å²) in [6, 6.07) is 13.1. The molecule has 5 nitrogen and oxygen atoms in total. The van der Waals surface area contributed by atoms with Crippen LogP contribution in [0.2, 0.25) is 5.02 Å². The second kappa shape index (κ2) is 8.89. The number of aromatic nitrogens is 2. The van der Waals surface area contributed by atoms with Crippen molar-refractivity contribution < 1.29 is 13.9 Å². The van der Waals surface area contributed by atoms with Gasteiger partial charge in [-0.3, -0.25) is 9.48 Å². The molecule has 0 radical (unpaired) electrons. The van der Waals surface area contributed by atoms with Crippen molar-refractivity contribution in [2.45, 2.75) is 26.6 Å². The maximum absolute atomic E-state index is 12.9. The highest BCUT2D eigenvalue weighted by Crippen LogP contribution is 2.18. The molecule has 0 N–H and O–H groups in total. The van der Waals surface area contributed by atoms with Gasteiger partial charge in [0.1, 0.15) is 18.2 Å². The summed E-state index contributed by atoms with van der Waals surface area (Å²) in [7, 11) is 1.73. The van der Waals surface area contributed by atoms with Crippen LogP contribution < -0.4 is 4.74 Å². The van der Waals surface area contributed by atoms with Crippen molar-refractivity contribution in [2.75, 3.05) is 7.05 Å². The molecule has 146 valence electrons. The fourth-order valence-electron chi connectivity index (χ4n) is 2.78. The van der Waals surface area contributed by atoms with E-state index in [1.165, 1.54) is 12.1 Å². The minimum Gasteiger partial charge on any atom is -0.489 e. The average molecular weight is 402 g/mol. The fraction of sp³-hybridized carbons (Fsp3) is 0.238. The first-order chi connectivity index (χ1) is 13.5. The van der Waals surface area contributed by atoms with Gasteiger partial charge in [0.15, 0.2) is 0 Å². The van der Waals surface area contributed by atoms with Gasteiger partial charge >= 0.3 is 0 Å². The quantitative estimate of drug-likeness (QED) is 0.583. The van der Waals surface area contributed by atoms with Gasteiger partial charge < -0.3 is 9.64 Å². The highest BCUT2D eigenvalue weighted by Gasteiger charge is 2.16. The van der Waals surface area contributed by atoms with Crippen molar-refractivity contribution in [2.24, 2.45) is 0 Å². The van der Waals surface area contributed by atoms with Crippen LogP contribution in [0, 0.1) is 5.82 Å². The Hall–Kier alpha value is -2.86. The van der Waals surface area contributed by atoms with Gasteiger partial charge in [-0.1, -0.05) is 23.7 Å². The van der Waals surface area contributed by atoms with Crippen LogP contribution in [-0.4, -0.2) is 27.6 Å². The molecule has 3 rings (SSSR count). The maximum atomic E-state index is 12.9. The van der Waals surface area contributed by atoms with Crippen molar-refractivity contribution >= 4 is 17.5 Å². The third-order valence-corrected chi connectivity index (χ3v) is 4.67. The number of carbonyl (C=O) groups excluding carboxylic acids is 1. The number of benzene rings is 2. The average Bonchev–Trinajstić information content (AvgIpc) is 3.07. The molecule has 1 aromatic heterocycles.